The van der Waals surface area contributed by atoms with Crippen molar-refractivity contribution in [1.29, 1.82) is 0 Å². The molecule has 1 aliphatic heterocycles. The first kappa shape index (κ1) is 19.2. The molecule has 6 heteroatoms. The molecule has 2 aliphatic carbocycles. The standard InChI is InChI=1S/C22H31N3O3/c1-14-4-3-9-24(13-14)20-8-7-18(12-21(20)25(27)28)22(26)23-15(2)19-11-16-5-6-17(19)10-16/h7-8,12,14-17,19H,3-6,9-11,13H2,1-2H3,(H,23,26)/t14-,15-,16+,17+,19-/m1/s1. The molecular formula is C22H31N3O3. The smallest absolute Gasteiger partial charge is 0.293 e. The van der Waals surface area contributed by atoms with Gasteiger partial charge in [0.15, 0.2) is 0 Å². The largest absolute Gasteiger partial charge is 0.366 e. The molecule has 0 unspecified atom stereocenters. The fourth-order valence-corrected chi connectivity index (χ4v) is 5.79. The number of nitrogens with one attached hydrogen (secondary N) is 1. The minimum atomic E-state index is -0.356. The molecule has 1 amide bonds. The van der Waals surface area contributed by atoms with Crippen molar-refractivity contribution >= 4 is 17.3 Å². The highest BCUT2D eigenvalue weighted by molar-refractivity contribution is 5.96. The molecule has 2 bridgehead atoms. The van der Waals surface area contributed by atoms with Crippen molar-refractivity contribution in [3.05, 3.63) is 33.9 Å². The number of carbonyl (C=O) groups is 1. The Balaban J connectivity index is 1.49. The van der Waals surface area contributed by atoms with E-state index in [0.717, 1.165) is 37.8 Å². The number of nitro benzene ring substituents is 1. The number of hydrogen-bond donors (Lipinski definition) is 1. The maximum absolute atomic E-state index is 12.8. The number of fused-ring (bicyclic) bond motifs is 2. The molecule has 0 spiro atoms. The summed E-state index contributed by atoms with van der Waals surface area (Å²) in [6.45, 7) is 5.92. The van der Waals surface area contributed by atoms with E-state index >= 15 is 0 Å². The Morgan fingerprint density at radius 1 is 1.29 bits per heavy atom. The van der Waals surface area contributed by atoms with Gasteiger partial charge in [0.2, 0.25) is 0 Å². The van der Waals surface area contributed by atoms with E-state index < -0.39 is 0 Å². The van der Waals surface area contributed by atoms with E-state index in [2.05, 4.69) is 24.1 Å². The van der Waals surface area contributed by atoms with Crippen LogP contribution in [0.3, 0.4) is 0 Å². The van der Waals surface area contributed by atoms with E-state index in [1.807, 2.05) is 0 Å². The van der Waals surface area contributed by atoms with Crippen molar-refractivity contribution in [2.75, 3.05) is 18.0 Å². The van der Waals surface area contributed by atoms with Crippen LogP contribution in [0.5, 0.6) is 0 Å². The molecule has 0 radical (unpaired) electrons. The minimum Gasteiger partial charge on any atom is -0.366 e. The van der Waals surface area contributed by atoms with Gasteiger partial charge in [0.25, 0.3) is 11.6 Å². The molecule has 0 aromatic heterocycles. The lowest BCUT2D eigenvalue weighted by Gasteiger charge is -2.32. The molecule has 28 heavy (non-hydrogen) atoms. The highest BCUT2D eigenvalue weighted by atomic mass is 16.6. The molecule has 5 atom stereocenters. The highest BCUT2D eigenvalue weighted by Crippen LogP contribution is 2.49. The van der Waals surface area contributed by atoms with E-state index in [9.17, 15) is 14.9 Å². The number of rotatable bonds is 5. The van der Waals surface area contributed by atoms with E-state index in [1.54, 1.807) is 12.1 Å². The monoisotopic (exact) mass is 385 g/mol. The van der Waals surface area contributed by atoms with Crippen LogP contribution in [-0.4, -0.2) is 30.0 Å². The number of anilines is 1. The number of nitrogens with zero attached hydrogens (tertiary/aromatic N) is 2. The molecule has 1 aromatic rings. The minimum absolute atomic E-state index is 0.0364. The molecule has 1 heterocycles. The van der Waals surface area contributed by atoms with Gasteiger partial charge in [-0.05, 0) is 74.8 Å². The molecule has 3 aliphatic rings. The molecule has 1 saturated heterocycles. The summed E-state index contributed by atoms with van der Waals surface area (Å²) in [6, 6.07) is 5.07. The SMILES string of the molecule is C[C@@H]1CCCN(c2ccc(C(=O)N[C@H](C)[C@H]3C[C@H]4CC[C@H]3C4)cc2[N+](=O)[O-])C1. The summed E-state index contributed by atoms with van der Waals surface area (Å²) >= 11 is 0. The quantitative estimate of drug-likeness (QED) is 0.603. The van der Waals surface area contributed by atoms with Crippen molar-refractivity contribution in [2.24, 2.45) is 23.7 Å². The van der Waals surface area contributed by atoms with Crippen LogP contribution >= 0.6 is 0 Å². The van der Waals surface area contributed by atoms with Crippen LogP contribution in [0, 0.1) is 33.8 Å². The highest BCUT2D eigenvalue weighted by Gasteiger charge is 2.42. The summed E-state index contributed by atoms with van der Waals surface area (Å²) in [5.41, 5.74) is 1.05. The van der Waals surface area contributed by atoms with Crippen molar-refractivity contribution in [1.82, 2.24) is 5.32 Å². The van der Waals surface area contributed by atoms with Gasteiger partial charge in [-0.3, -0.25) is 14.9 Å². The lowest BCUT2D eigenvalue weighted by Crippen LogP contribution is -2.40. The second-order valence-corrected chi connectivity index (χ2v) is 9.25. The Morgan fingerprint density at radius 2 is 2.11 bits per heavy atom. The number of amides is 1. The van der Waals surface area contributed by atoms with Crippen LogP contribution in [-0.2, 0) is 0 Å². The average molecular weight is 386 g/mol. The molecule has 1 aromatic carbocycles. The van der Waals surface area contributed by atoms with Crippen molar-refractivity contribution in [3.8, 4) is 0 Å². The van der Waals surface area contributed by atoms with Gasteiger partial charge >= 0.3 is 0 Å². The Kier molecular flexibility index (Phi) is 5.30. The lowest BCUT2D eigenvalue weighted by molar-refractivity contribution is -0.384. The van der Waals surface area contributed by atoms with E-state index in [4.69, 9.17) is 0 Å². The average Bonchev–Trinajstić information content (AvgIpc) is 3.31. The summed E-state index contributed by atoms with van der Waals surface area (Å²) in [7, 11) is 0. The second-order valence-electron chi connectivity index (χ2n) is 9.25. The first-order valence-electron chi connectivity index (χ1n) is 10.8. The number of benzene rings is 1. The fraction of sp³-hybridized carbons (Fsp3) is 0.682. The van der Waals surface area contributed by atoms with Crippen LogP contribution in [0.4, 0.5) is 11.4 Å². The zero-order chi connectivity index (χ0) is 19.8. The van der Waals surface area contributed by atoms with Crippen molar-refractivity contribution < 1.29 is 9.72 Å². The van der Waals surface area contributed by atoms with Crippen LogP contribution in [0.15, 0.2) is 18.2 Å². The number of nitro groups is 1. The fourth-order valence-electron chi connectivity index (χ4n) is 5.79. The molecule has 152 valence electrons. The predicted molar refractivity (Wildman–Crippen MR) is 110 cm³/mol. The van der Waals surface area contributed by atoms with Crippen molar-refractivity contribution in [3.63, 3.8) is 0 Å². The first-order valence-corrected chi connectivity index (χ1v) is 10.8. The number of carbonyl (C=O) groups excluding carboxylic acids is 1. The second kappa shape index (κ2) is 7.72. The van der Waals surface area contributed by atoms with E-state index in [-0.39, 0.29) is 22.6 Å². The van der Waals surface area contributed by atoms with Gasteiger partial charge < -0.3 is 10.2 Å². The van der Waals surface area contributed by atoms with E-state index in [1.165, 1.54) is 31.7 Å². The summed E-state index contributed by atoms with van der Waals surface area (Å²) in [4.78, 5) is 26.2. The Labute approximate surface area is 166 Å². The Morgan fingerprint density at radius 3 is 2.75 bits per heavy atom. The summed E-state index contributed by atoms with van der Waals surface area (Å²) in [5.74, 6) is 2.45. The van der Waals surface area contributed by atoms with Gasteiger partial charge in [0.1, 0.15) is 5.69 Å². The third kappa shape index (κ3) is 3.74. The van der Waals surface area contributed by atoms with Gasteiger partial charge in [-0.1, -0.05) is 13.3 Å². The third-order valence-corrected chi connectivity index (χ3v) is 7.23. The van der Waals surface area contributed by atoms with Gasteiger partial charge in [-0.15, -0.1) is 0 Å². The topological polar surface area (TPSA) is 75.5 Å². The zero-order valence-corrected chi connectivity index (χ0v) is 16.9. The normalized spacial score (nSPS) is 30.3. The summed E-state index contributed by atoms with van der Waals surface area (Å²) in [6.07, 6.45) is 7.33. The van der Waals surface area contributed by atoms with E-state index in [0.29, 0.717) is 23.1 Å². The van der Waals surface area contributed by atoms with Gasteiger partial charge in [0, 0.05) is 30.8 Å². The van der Waals surface area contributed by atoms with Gasteiger partial charge in [0.05, 0.1) is 4.92 Å². The maximum Gasteiger partial charge on any atom is 0.293 e. The van der Waals surface area contributed by atoms with Gasteiger partial charge in [-0.2, -0.15) is 0 Å². The first-order chi connectivity index (χ1) is 13.4. The summed E-state index contributed by atoms with van der Waals surface area (Å²) in [5, 5.41) is 14.8. The predicted octanol–water partition coefficient (Wildman–Crippen LogP) is 4.39. The number of piperidine rings is 1. The van der Waals surface area contributed by atoms with Crippen molar-refractivity contribution in [2.45, 2.75) is 58.4 Å². The van der Waals surface area contributed by atoms with Crippen LogP contribution in [0.2, 0.25) is 0 Å². The molecule has 2 saturated carbocycles. The van der Waals surface area contributed by atoms with Crippen LogP contribution in [0.1, 0.15) is 62.7 Å². The zero-order valence-electron chi connectivity index (χ0n) is 16.9. The third-order valence-electron chi connectivity index (χ3n) is 7.23. The van der Waals surface area contributed by atoms with Crippen LogP contribution in [0.25, 0.3) is 0 Å². The molecule has 6 nitrogen and oxygen atoms in total. The number of hydrogen-bond acceptors (Lipinski definition) is 4. The van der Waals surface area contributed by atoms with Gasteiger partial charge in [-0.25, -0.2) is 0 Å². The molecule has 4 rings (SSSR count). The molecule has 1 N–H and O–H groups in total. The summed E-state index contributed by atoms with van der Waals surface area (Å²) < 4.78 is 0. The maximum atomic E-state index is 12.8. The molecular weight excluding hydrogens is 354 g/mol. The molecule has 3 fully saturated rings. The lowest BCUT2D eigenvalue weighted by atomic mass is 9.84. The Bertz CT molecular complexity index is 765. The Hall–Kier alpha value is -2.11. The van der Waals surface area contributed by atoms with Crippen LogP contribution < -0.4 is 10.2 Å².